The van der Waals surface area contributed by atoms with E-state index in [0.717, 1.165) is 0 Å². The minimum atomic E-state index is -0.991. The summed E-state index contributed by atoms with van der Waals surface area (Å²) in [6.07, 6.45) is -0.991. The second-order valence-electron chi connectivity index (χ2n) is 7.20. The number of aromatic nitrogens is 1. The van der Waals surface area contributed by atoms with E-state index in [2.05, 4.69) is 10.3 Å². The zero-order valence-electron chi connectivity index (χ0n) is 17.0. The van der Waals surface area contributed by atoms with Crippen molar-refractivity contribution in [2.24, 2.45) is 0 Å². The van der Waals surface area contributed by atoms with Gasteiger partial charge in [0.25, 0.3) is 0 Å². The summed E-state index contributed by atoms with van der Waals surface area (Å²) < 4.78 is 10.0. The first-order valence-electron chi connectivity index (χ1n) is 8.80. The van der Waals surface area contributed by atoms with E-state index in [1.54, 1.807) is 27.7 Å². The van der Waals surface area contributed by atoms with E-state index in [-0.39, 0.29) is 34.5 Å². The van der Waals surface area contributed by atoms with Crippen LogP contribution in [-0.2, 0) is 9.47 Å². The van der Waals surface area contributed by atoms with Crippen molar-refractivity contribution in [3.8, 4) is 0 Å². The van der Waals surface area contributed by atoms with Gasteiger partial charge in [0.1, 0.15) is 17.0 Å². The molecule has 0 aliphatic rings. The molecule has 0 aliphatic carbocycles. The van der Waals surface area contributed by atoms with Gasteiger partial charge in [-0.1, -0.05) is 0 Å². The molecule has 0 saturated carbocycles. The molecule has 0 aliphatic heterocycles. The molecule has 0 radical (unpaired) electrons. The van der Waals surface area contributed by atoms with E-state index < -0.39 is 38.9 Å². The average molecular weight is 420 g/mol. The zero-order chi connectivity index (χ0) is 22.8. The SMILES string of the molecule is CCOC(=O)c1cc(C)c2c(NC(=O)OC(C)(C)C)c([N+](=O)[O-])cc([N+](=O)[O-])c2n1. The van der Waals surface area contributed by atoms with Gasteiger partial charge in [-0.2, -0.15) is 0 Å². The van der Waals surface area contributed by atoms with Gasteiger partial charge < -0.3 is 9.47 Å². The molecule has 0 saturated heterocycles. The van der Waals surface area contributed by atoms with Crippen LogP contribution in [0.15, 0.2) is 12.1 Å². The molecule has 0 bridgehead atoms. The fraction of sp³-hybridized carbons (Fsp3) is 0.389. The fourth-order valence-corrected chi connectivity index (χ4v) is 2.70. The molecule has 12 nitrogen and oxygen atoms in total. The Morgan fingerprint density at radius 1 is 1.13 bits per heavy atom. The van der Waals surface area contributed by atoms with Crippen LogP contribution in [0, 0.1) is 27.2 Å². The molecule has 0 unspecified atom stereocenters. The summed E-state index contributed by atoms with van der Waals surface area (Å²) in [4.78, 5) is 49.7. The highest BCUT2D eigenvalue weighted by Gasteiger charge is 2.31. The Bertz CT molecular complexity index is 1060. The molecular weight excluding hydrogens is 400 g/mol. The van der Waals surface area contributed by atoms with E-state index in [0.29, 0.717) is 6.07 Å². The number of fused-ring (bicyclic) bond motifs is 1. The van der Waals surface area contributed by atoms with Crippen molar-refractivity contribution < 1.29 is 28.9 Å². The summed E-state index contributed by atoms with van der Waals surface area (Å²) in [5, 5.41) is 25.3. The molecule has 1 heterocycles. The molecule has 0 fully saturated rings. The molecule has 1 aromatic carbocycles. The lowest BCUT2D eigenvalue weighted by molar-refractivity contribution is -0.392. The molecule has 1 amide bonds. The fourth-order valence-electron chi connectivity index (χ4n) is 2.70. The van der Waals surface area contributed by atoms with Crippen LogP contribution in [0.4, 0.5) is 21.9 Å². The van der Waals surface area contributed by atoms with E-state index in [1.165, 1.54) is 13.0 Å². The predicted molar refractivity (Wildman–Crippen MR) is 106 cm³/mol. The third-order valence-electron chi connectivity index (χ3n) is 3.74. The molecule has 0 spiro atoms. The van der Waals surface area contributed by atoms with Crippen molar-refractivity contribution in [3.63, 3.8) is 0 Å². The van der Waals surface area contributed by atoms with Gasteiger partial charge in [-0.3, -0.25) is 25.5 Å². The first kappa shape index (κ1) is 22.5. The van der Waals surface area contributed by atoms with E-state index in [4.69, 9.17) is 9.47 Å². The lowest BCUT2D eigenvalue weighted by Crippen LogP contribution is -2.27. The molecule has 1 N–H and O–H groups in total. The molecule has 2 aromatic rings. The number of pyridine rings is 1. The third-order valence-corrected chi connectivity index (χ3v) is 3.74. The summed E-state index contributed by atoms with van der Waals surface area (Å²) in [6, 6.07) is 1.95. The van der Waals surface area contributed by atoms with Crippen molar-refractivity contribution in [1.29, 1.82) is 0 Å². The lowest BCUT2D eigenvalue weighted by atomic mass is 10.0. The van der Waals surface area contributed by atoms with Gasteiger partial charge in [0.15, 0.2) is 5.52 Å². The van der Waals surface area contributed by atoms with Gasteiger partial charge in [-0.25, -0.2) is 14.6 Å². The van der Waals surface area contributed by atoms with E-state index in [9.17, 15) is 29.8 Å². The molecule has 160 valence electrons. The number of hydrogen-bond acceptors (Lipinski definition) is 9. The standard InChI is InChI=1S/C18H20N4O8/c1-6-29-16(23)10-7-9(2)13-14(19-10)11(21(25)26)8-12(22(27)28)15(13)20-17(24)30-18(3,4)5/h7-8H,6H2,1-5H3,(H,20,24). The Hall–Kier alpha value is -3.83. The number of anilines is 1. The molecule has 2 rings (SSSR count). The third kappa shape index (κ3) is 4.77. The lowest BCUT2D eigenvalue weighted by Gasteiger charge is -2.20. The van der Waals surface area contributed by atoms with Crippen LogP contribution in [0.2, 0.25) is 0 Å². The van der Waals surface area contributed by atoms with Gasteiger partial charge in [0.05, 0.1) is 22.5 Å². The number of nitro benzene ring substituents is 2. The number of amides is 1. The minimum absolute atomic E-state index is 0.0604. The van der Waals surface area contributed by atoms with Crippen LogP contribution in [0.25, 0.3) is 10.9 Å². The number of carbonyl (C=O) groups excluding carboxylic acids is 2. The predicted octanol–water partition coefficient (Wildman–Crippen LogP) is 3.88. The van der Waals surface area contributed by atoms with Crippen molar-refractivity contribution in [1.82, 2.24) is 4.98 Å². The van der Waals surface area contributed by atoms with E-state index >= 15 is 0 Å². The van der Waals surface area contributed by atoms with Gasteiger partial charge in [0, 0.05) is 5.39 Å². The smallest absolute Gasteiger partial charge is 0.412 e. The van der Waals surface area contributed by atoms with Gasteiger partial charge >= 0.3 is 23.4 Å². The minimum Gasteiger partial charge on any atom is -0.461 e. The number of carbonyl (C=O) groups is 2. The molecule has 1 aromatic heterocycles. The normalized spacial score (nSPS) is 11.1. The Morgan fingerprint density at radius 2 is 1.73 bits per heavy atom. The van der Waals surface area contributed by atoms with Crippen LogP contribution in [0.1, 0.15) is 43.7 Å². The largest absolute Gasteiger partial charge is 0.461 e. The number of aryl methyl sites for hydroxylation is 1. The van der Waals surface area contributed by atoms with Crippen LogP contribution in [0.5, 0.6) is 0 Å². The first-order valence-corrected chi connectivity index (χ1v) is 8.80. The van der Waals surface area contributed by atoms with Crippen LogP contribution in [-0.4, -0.2) is 39.1 Å². The molecule has 12 heteroatoms. The quantitative estimate of drug-likeness (QED) is 0.429. The van der Waals surface area contributed by atoms with Crippen molar-refractivity contribution in [3.05, 3.63) is 43.6 Å². The molecular formula is C18H20N4O8. The highest BCUT2D eigenvalue weighted by atomic mass is 16.6. The summed E-state index contributed by atoms with van der Waals surface area (Å²) in [7, 11) is 0. The Balaban J connectivity index is 2.84. The van der Waals surface area contributed by atoms with Crippen molar-refractivity contribution in [2.75, 3.05) is 11.9 Å². The summed E-state index contributed by atoms with van der Waals surface area (Å²) in [5.74, 6) is -0.809. The van der Waals surface area contributed by atoms with E-state index in [1.807, 2.05) is 0 Å². The van der Waals surface area contributed by atoms with Gasteiger partial charge in [-0.05, 0) is 46.2 Å². The monoisotopic (exact) mass is 420 g/mol. The first-order chi connectivity index (χ1) is 13.9. The van der Waals surface area contributed by atoms with Crippen LogP contribution < -0.4 is 5.32 Å². The molecule has 30 heavy (non-hydrogen) atoms. The Morgan fingerprint density at radius 3 is 2.23 bits per heavy atom. The number of nitrogens with one attached hydrogen (secondary N) is 1. The number of ether oxygens (including phenoxy) is 2. The highest BCUT2D eigenvalue weighted by molar-refractivity contribution is 6.09. The second-order valence-corrected chi connectivity index (χ2v) is 7.20. The van der Waals surface area contributed by atoms with Crippen LogP contribution >= 0.6 is 0 Å². The van der Waals surface area contributed by atoms with Gasteiger partial charge in [-0.15, -0.1) is 0 Å². The average Bonchev–Trinajstić information content (AvgIpc) is 2.59. The number of rotatable bonds is 5. The number of non-ortho nitro benzene ring substituents is 1. The van der Waals surface area contributed by atoms with Crippen molar-refractivity contribution >= 4 is 40.0 Å². The number of benzene rings is 1. The number of hydrogen-bond donors (Lipinski definition) is 1. The topological polar surface area (TPSA) is 164 Å². The van der Waals surface area contributed by atoms with Gasteiger partial charge in [0.2, 0.25) is 0 Å². The van der Waals surface area contributed by atoms with Crippen LogP contribution in [0.3, 0.4) is 0 Å². The Kier molecular flexibility index (Phi) is 6.19. The summed E-state index contributed by atoms with van der Waals surface area (Å²) >= 11 is 0. The number of esters is 1. The van der Waals surface area contributed by atoms with Crippen molar-refractivity contribution in [2.45, 2.75) is 40.2 Å². The second kappa shape index (κ2) is 8.27. The number of nitro groups is 2. The maximum Gasteiger partial charge on any atom is 0.412 e. The Labute approximate surface area is 170 Å². The molecule has 0 atom stereocenters. The highest BCUT2D eigenvalue weighted by Crippen LogP contribution is 2.40. The maximum atomic E-state index is 12.3. The summed E-state index contributed by atoms with van der Waals surface area (Å²) in [5.41, 5.74) is -2.90. The zero-order valence-corrected chi connectivity index (χ0v) is 17.0. The summed E-state index contributed by atoms with van der Waals surface area (Å²) in [6.45, 7) is 7.93. The maximum absolute atomic E-state index is 12.3. The number of nitrogens with zero attached hydrogens (tertiary/aromatic N) is 3.